The number of carbonyl (C=O) groups excluding carboxylic acids is 1. The van der Waals surface area contributed by atoms with Crippen LogP contribution in [0.3, 0.4) is 0 Å². The summed E-state index contributed by atoms with van der Waals surface area (Å²) in [5.74, 6) is 0.390. The van der Waals surface area contributed by atoms with Crippen molar-refractivity contribution < 1.29 is 4.79 Å². The normalized spacial score (nSPS) is 20.1. The lowest BCUT2D eigenvalue weighted by Gasteiger charge is -2.36. The van der Waals surface area contributed by atoms with E-state index in [2.05, 4.69) is 11.8 Å². The topological polar surface area (TPSA) is 46.3 Å². The number of hydrogen-bond donors (Lipinski definition) is 1. The minimum atomic E-state index is 0.390. The summed E-state index contributed by atoms with van der Waals surface area (Å²) in [7, 11) is 0. The van der Waals surface area contributed by atoms with Crippen molar-refractivity contribution in [2.45, 2.75) is 77.2 Å². The molecule has 1 aliphatic heterocycles. The first-order chi connectivity index (χ1) is 8.79. The predicted molar refractivity (Wildman–Crippen MR) is 76.4 cm³/mol. The van der Waals surface area contributed by atoms with Gasteiger partial charge in [0, 0.05) is 19.0 Å². The highest BCUT2D eigenvalue weighted by Gasteiger charge is 2.25. The molecule has 0 aromatic carbocycles. The smallest absolute Gasteiger partial charge is 0.222 e. The van der Waals surface area contributed by atoms with Gasteiger partial charge in [-0.2, -0.15) is 0 Å². The molecule has 3 nitrogen and oxygen atoms in total. The van der Waals surface area contributed by atoms with Gasteiger partial charge < -0.3 is 10.6 Å². The Morgan fingerprint density at radius 1 is 1.22 bits per heavy atom. The Bertz CT molecular complexity index is 229. The summed E-state index contributed by atoms with van der Waals surface area (Å²) in [5, 5.41) is 0. The fourth-order valence-corrected chi connectivity index (χ4v) is 2.88. The third kappa shape index (κ3) is 5.38. The summed E-state index contributed by atoms with van der Waals surface area (Å²) >= 11 is 0. The number of hydrogen-bond acceptors (Lipinski definition) is 2. The van der Waals surface area contributed by atoms with Gasteiger partial charge in [-0.1, -0.05) is 26.2 Å². The molecule has 0 saturated carbocycles. The fraction of sp³-hybridized carbons (Fsp3) is 0.933. The van der Waals surface area contributed by atoms with Crippen LogP contribution in [0.4, 0.5) is 0 Å². The molecule has 1 saturated heterocycles. The third-order valence-corrected chi connectivity index (χ3v) is 3.91. The average Bonchev–Trinajstić information content (AvgIpc) is 2.39. The molecule has 1 aliphatic rings. The van der Waals surface area contributed by atoms with Crippen molar-refractivity contribution in [1.82, 2.24) is 4.90 Å². The third-order valence-electron chi connectivity index (χ3n) is 3.91. The molecule has 106 valence electrons. The van der Waals surface area contributed by atoms with Crippen LogP contribution in [-0.2, 0) is 4.79 Å². The summed E-state index contributed by atoms with van der Waals surface area (Å²) in [4.78, 5) is 14.4. The second-order valence-electron chi connectivity index (χ2n) is 5.48. The largest absolute Gasteiger partial charge is 0.340 e. The van der Waals surface area contributed by atoms with Crippen LogP contribution < -0.4 is 5.73 Å². The molecule has 0 bridgehead atoms. The van der Waals surface area contributed by atoms with Gasteiger partial charge in [-0.25, -0.2) is 0 Å². The molecule has 1 atom stereocenters. The van der Waals surface area contributed by atoms with Crippen molar-refractivity contribution in [3.63, 3.8) is 0 Å². The van der Waals surface area contributed by atoms with E-state index in [0.717, 1.165) is 38.8 Å². The fourth-order valence-electron chi connectivity index (χ4n) is 2.88. The maximum absolute atomic E-state index is 12.2. The number of carbonyl (C=O) groups is 1. The number of amides is 1. The van der Waals surface area contributed by atoms with Crippen LogP contribution in [0, 0.1) is 0 Å². The van der Waals surface area contributed by atoms with E-state index in [1.807, 2.05) is 0 Å². The first-order valence-electron chi connectivity index (χ1n) is 7.79. The average molecular weight is 254 g/mol. The zero-order valence-corrected chi connectivity index (χ0v) is 12.0. The zero-order chi connectivity index (χ0) is 13.2. The van der Waals surface area contributed by atoms with E-state index >= 15 is 0 Å². The maximum atomic E-state index is 12.2. The van der Waals surface area contributed by atoms with Gasteiger partial charge in [-0.15, -0.1) is 0 Å². The van der Waals surface area contributed by atoms with Crippen molar-refractivity contribution in [2.75, 3.05) is 13.1 Å². The Labute approximate surface area is 112 Å². The van der Waals surface area contributed by atoms with Gasteiger partial charge in [0.2, 0.25) is 5.91 Å². The molecule has 1 unspecified atom stereocenters. The maximum Gasteiger partial charge on any atom is 0.222 e. The number of piperidine rings is 1. The van der Waals surface area contributed by atoms with E-state index in [1.54, 1.807) is 0 Å². The molecule has 0 radical (unpaired) electrons. The first-order valence-corrected chi connectivity index (χ1v) is 7.79. The molecule has 18 heavy (non-hydrogen) atoms. The van der Waals surface area contributed by atoms with Gasteiger partial charge in [0.05, 0.1) is 0 Å². The van der Waals surface area contributed by atoms with Crippen molar-refractivity contribution in [3.05, 3.63) is 0 Å². The summed E-state index contributed by atoms with van der Waals surface area (Å²) in [6.07, 6.45) is 11.3. The molecule has 0 aromatic heterocycles. The summed E-state index contributed by atoms with van der Waals surface area (Å²) in [6.45, 7) is 3.98. The highest BCUT2D eigenvalue weighted by atomic mass is 16.2. The van der Waals surface area contributed by atoms with E-state index in [9.17, 15) is 4.79 Å². The first kappa shape index (κ1) is 15.5. The van der Waals surface area contributed by atoms with Crippen LogP contribution in [0.25, 0.3) is 0 Å². The summed E-state index contributed by atoms with van der Waals surface area (Å²) in [6, 6.07) is 0.528. The second kappa shape index (κ2) is 9.37. The monoisotopic (exact) mass is 254 g/mol. The van der Waals surface area contributed by atoms with E-state index in [0.29, 0.717) is 11.9 Å². The van der Waals surface area contributed by atoms with Crippen LogP contribution >= 0.6 is 0 Å². The highest BCUT2D eigenvalue weighted by molar-refractivity contribution is 5.76. The van der Waals surface area contributed by atoms with Crippen LogP contribution in [0.1, 0.15) is 71.1 Å². The van der Waals surface area contributed by atoms with Crippen LogP contribution in [0.5, 0.6) is 0 Å². The number of nitrogens with zero attached hydrogens (tertiary/aromatic N) is 1. The lowest BCUT2D eigenvalue weighted by molar-refractivity contribution is -0.135. The number of rotatable bonds is 8. The Morgan fingerprint density at radius 2 is 2.00 bits per heavy atom. The summed E-state index contributed by atoms with van der Waals surface area (Å²) in [5.41, 5.74) is 5.46. The Kier molecular flexibility index (Phi) is 8.06. The lowest BCUT2D eigenvalue weighted by atomic mass is 9.97. The highest BCUT2D eigenvalue weighted by Crippen LogP contribution is 2.22. The van der Waals surface area contributed by atoms with Crippen molar-refractivity contribution in [3.8, 4) is 0 Å². The molecule has 3 heteroatoms. The van der Waals surface area contributed by atoms with Crippen molar-refractivity contribution in [2.24, 2.45) is 5.73 Å². The number of nitrogens with two attached hydrogens (primary N) is 1. The minimum absolute atomic E-state index is 0.390. The van der Waals surface area contributed by atoms with Gasteiger partial charge in [0.1, 0.15) is 0 Å². The van der Waals surface area contributed by atoms with E-state index < -0.39 is 0 Å². The zero-order valence-electron chi connectivity index (χ0n) is 12.0. The van der Waals surface area contributed by atoms with Gasteiger partial charge in [-0.05, 0) is 45.1 Å². The lowest BCUT2D eigenvalue weighted by Crippen LogP contribution is -2.43. The van der Waals surface area contributed by atoms with E-state index in [-0.39, 0.29) is 0 Å². The standard InChI is InChI=1S/C15H30N2O/c1-2-9-14-10-6-8-13-17(14)15(18)11-5-3-4-7-12-16/h14H,2-13,16H2,1H3. The van der Waals surface area contributed by atoms with E-state index in [4.69, 9.17) is 5.73 Å². The number of unbranched alkanes of at least 4 members (excludes halogenated alkanes) is 3. The second-order valence-corrected chi connectivity index (χ2v) is 5.48. The van der Waals surface area contributed by atoms with Crippen molar-refractivity contribution >= 4 is 5.91 Å². The number of likely N-dealkylation sites (tertiary alicyclic amines) is 1. The van der Waals surface area contributed by atoms with E-state index in [1.165, 1.54) is 38.5 Å². The van der Waals surface area contributed by atoms with Crippen molar-refractivity contribution in [1.29, 1.82) is 0 Å². The molecule has 2 N–H and O–H groups in total. The summed E-state index contributed by atoms with van der Waals surface area (Å²) < 4.78 is 0. The van der Waals surface area contributed by atoms with Gasteiger partial charge in [0.25, 0.3) is 0 Å². The Balaban J connectivity index is 2.25. The molecular weight excluding hydrogens is 224 g/mol. The molecule has 0 aliphatic carbocycles. The Morgan fingerprint density at radius 3 is 2.72 bits per heavy atom. The molecule has 0 spiro atoms. The molecule has 1 amide bonds. The molecule has 1 heterocycles. The van der Waals surface area contributed by atoms with Crippen LogP contribution in [-0.4, -0.2) is 29.9 Å². The van der Waals surface area contributed by atoms with Gasteiger partial charge in [-0.3, -0.25) is 4.79 Å². The molecule has 0 aromatic rings. The molecular formula is C15H30N2O. The predicted octanol–water partition coefficient (Wildman–Crippen LogP) is 3.08. The molecule has 1 rings (SSSR count). The van der Waals surface area contributed by atoms with Crippen LogP contribution in [0.2, 0.25) is 0 Å². The van der Waals surface area contributed by atoms with Crippen LogP contribution in [0.15, 0.2) is 0 Å². The minimum Gasteiger partial charge on any atom is -0.340 e. The van der Waals surface area contributed by atoms with Gasteiger partial charge >= 0.3 is 0 Å². The SMILES string of the molecule is CCCC1CCCCN1C(=O)CCCCCCN. The van der Waals surface area contributed by atoms with Gasteiger partial charge in [0.15, 0.2) is 0 Å². The molecule has 1 fully saturated rings. The Hall–Kier alpha value is -0.570. The quantitative estimate of drug-likeness (QED) is 0.677.